The highest BCUT2D eigenvalue weighted by atomic mass is 32.2. The van der Waals surface area contributed by atoms with Crippen LogP contribution in [-0.4, -0.2) is 28.5 Å². The quantitative estimate of drug-likeness (QED) is 0.708. The number of halogens is 2. The van der Waals surface area contributed by atoms with Gasteiger partial charge in [0, 0.05) is 5.25 Å². The zero-order valence-corrected chi connectivity index (χ0v) is 6.91. The molecule has 0 bridgehead atoms. The third-order valence-corrected chi connectivity index (χ3v) is 2.15. The zero-order chi connectivity index (χ0) is 8.85. The molecule has 0 rings (SSSR count). The van der Waals surface area contributed by atoms with Crippen LogP contribution in [0.4, 0.5) is 8.78 Å². The molecule has 0 spiro atoms. The van der Waals surface area contributed by atoms with E-state index in [1.807, 2.05) is 0 Å². The molecule has 0 aliphatic rings. The van der Waals surface area contributed by atoms with Crippen LogP contribution in [0.2, 0.25) is 0 Å². The van der Waals surface area contributed by atoms with Crippen molar-refractivity contribution >= 4 is 17.7 Å². The van der Waals surface area contributed by atoms with E-state index in [9.17, 15) is 13.6 Å². The second-order valence-electron chi connectivity index (χ2n) is 2.13. The Morgan fingerprint density at radius 1 is 1.64 bits per heavy atom. The van der Waals surface area contributed by atoms with E-state index in [4.69, 9.17) is 5.11 Å². The topological polar surface area (TPSA) is 37.3 Å². The van der Waals surface area contributed by atoms with Gasteiger partial charge in [-0.25, -0.2) is 8.78 Å². The van der Waals surface area contributed by atoms with E-state index in [0.29, 0.717) is 0 Å². The van der Waals surface area contributed by atoms with Gasteiger partial charge in [-0.1, -0.05) is 6.92 Å². The maximum atomic E-state index is 11.6. The lowest BCUT2D eigenvalue weighted by molar-refractivity contribution is -0.136. The maximum Gasteiger partial charge on any atom is 0.304 e. The van der Waals surface area contributed by atoms with E-state index in [1.54, 1.807) is 6.92 Å². The predicted octanol–water partition coefficient (Wildman–Crippen LogP) is 1.85. The van der Waals surface area contributed by atoms with Crippen LogP contribution in [0.3, 0.4) is 0 Å². The molecule has 1 unspecified atom stereocenters. The molecule has 0 fully saturated rings. The van der Waals surface area contributed by atoms with Gasteiger partial charge < -0.3 is 5.11 Å². The molecule has 66 valence electrons. The molecular formula is C6H10F2O2S. The first-order valence-corrected chi connectivity index (χ1v) is 4.18. The minimum absolute atomic E-state index is 0.0581. The lowest BCUT2D eigenvalue weighted by atomic mass is 10.3. The van der Waals surface area contributed by atoms with Crippen LogP contribution in [0.25, 0.3) is 0 Å². The predicted molar refractivity (Wildman–Crippen MR) is 40.2 cm³/mol. The van der Waals surface area contributed by atoms with Gasteiger partial charge in [0.1, 0.15) is 0 Å². The third kappa shape index (κ3) is 7.58. The molecule has 0 saturated carbocycles. The van der Waals surface area contributed by atoms with Crippen molar-refractivity contribution in [2.45, 2.75) is 25.0 Å². The van der Waals surface area contributed by atoms with Crippen LogP contribution in [0, 0.1) is 0 Å². The summed E-state index contributed by atoms with van der Waals surface area (Å²) < 4.78 is 23.1. The van der Waals surface area contributed by atoms with Gasteiger partial charge >= 0.3 is 5.97 Å². The molecule has 0 amide bonds. The molecule has 0 saturated heterocycles. The lowest BCUT2D eigenvalue weighted by Crippen LogP contribution is -2.08. The van der Waals surface area contributed by atoms with Gasteiger partial charge in [0.15, 0.2) is 0 Å². The highest BCUT2D eigenvalue weighted by Gasteiger charge is 2.10. The van der Waals surface area contributed by atoms with Crippen molar-refractivity contribution in [2.24, 2.45) is 0 Å². The number of thioether (sulfide) groups is 1. The SMILES string of the molecule is CC(CC(=O)O)SCC(F)F. The van der Waals surface area contributed by atoms with Crippen molar-refractivity contribution in [3.63, 3.8) is 0 Å². The Balaban J connectivity index is 3.37. The summed E-state index contributed by atoms with van der Waals surface area (Å²) in [6, 6.07) is 0. The molecule has 0 radical (unpaired) electrons. The van der Waals surface area contributed by atoms with Gasteiger partial charge in [0.25, 0.3) is 0 Å². The van der Waals surface area contributed by atoms with Crippen LogP contribution in [-0.2, 0) is 4.79 Å². The summed E-state index contributed by atoms with van der Waals surface area (Å²) in [5, 5.41) is 8.01. The number of hydrogen-bond donors (Lipinski definition) is 1. The average Bonchev–Trinajstić information content (AvgIpc) is 1.82. The van der Waals surface area contributed by atoms with Crippen LogP contribution < -0.4 is 0 Å². The maximum absolute atomic E-state index is 11.6. The number of carboxylic acids is 1. The standard InChI is InChI=1S/C6H10F2O2S/c1-4(2-6(9)10)11-3-5(7)8/h4-5H,2-3H2,1H3,(H,9,10). The summed E-state index contributed by atoms with van der Waals surface area (Å²) in [6.45, 7) is 1.63. The Hall–Kier alpha value is -0.320. The summed E-state index contributed by atoms with van der Waals surface area (Å²) >= 11 is 0.982. The van der Waals surface area contributed by atoms with Gasteiger partial charge in [0.2, 0.25) is 6.43 Å². The number of carboxylic acid groups (broad SMARTS) is 1. The Labute approximate surface area is 68.0 Å². The van der Waals surface area contributed by atoms with Gasteiger partial charge in [-0.3, -0.25) is 4.79 Å². The molecule has 11 heavy (non-hydrogen) atoms. The minimum atomic E-state index is -2.35. The van der Waals surface area contributed by atoms with E-state index in [1.165, 1.54) is 0 Å². The molecule has 2 nitrogen and oxygen atoms in total. The van der Waals surface area contributed by atoms with E-state index in [0.717, 1.165) is 11.8 Å². The van der Waals surface area contributed by atoms with Crippen molar-refractivity contribution in [1.29, 1.82) is 0 Å². The second kappa shape index (κ2) is 5.35. The average molecular weight is 184 g/mol. The van der Waals surface area contributed by atoms with Crippen molar-refractivity contribution in [3.05, 3.63) is 0 Å². The lowest BCUT2D eigenvalue weighted by Gasteiger charge is -2.06. The summed E-state index contributed by atoms with van der Waals surface area (Å²) in [6.07, 6.45) is -2.41. The summed E-state index contributed by atoms with van der Waals surface area (Å²) in [5.74, 6) is -1.23. The van der Waals surface area contributed by atoms with Gasteiger partial charge in [0.05, 0.1) is 12.2 Å². The second-order valence-corrected chi connectivity index (χ2v) is 3.60. The molecule has 1 atom stereocenters. The van der Waals surface area contributed by atoms with Gasteiger partial charge in [-0.15, -0.1) is 0 Å². The monoisotopic (exact) mass is 184 g/mol. The molecule has 0 heterocycles. The highest BCUT2D eigenvalue weighted by Crippen LogP contribution is 2.16. The molecular weight excluding hydrogens is 174 g/mol. The number of alkyl halides is 2. The van der Waals surface area contributed by atoms with Crippen molar-refractivity contribution in [3.8, 4) is 0 Å². The Morgan fingerprint density at radius 3 is 2.55 bits per heavy atom. The molecule has 0 aromatic heterocycles. The highest BCUT2D eigenvalue weighted by molar-refractivity contribution is 7.99. The van der Waals surface area contributed by atoms with Crippen molar-refractivity contribution in [2.75, 3.05) is 5.75 Å². The summed E-state index contributed by atoms with van der Waals surface area (Å²) in [7, 11) is 0. The normalized spacial score (nSPS) is 13.5. The molecule has 0 aromatic carbocycles. The summed E-state index contributed by atoms with van der Waals surface area (Å²) in [5.41, 5.74) is 0. The number of rotatable bonds is 5. The van der Waals surface area contributed by atoms with E-state index < -0.39 is 12.4 Å². The van der Waals surface area contributed by atoms with Gasteiger partial charge in [-0.05, 0) is 0 Å². The van der Waals surface area contributed by atoms with E-state index in [2.05, 4.69) is 0 Å². The first-order chi connectivity index (χ1) is 5.02. The largest absolute Gasteiger partial charge is 0.481 e. The van der Waals surface area contributed by atoms with Gasteiger partial charge in [-0.2, -0.15) is 11.8 Å². The van der Waals surface area contributed by atoms with E-state index >= 15 is 0 Å². The zero-order valence-electron chi connectivity index (χ0n) is 6.09. The van der Waals surface area contributed by atoms with Crippen LogP contribution in [0.5, 0.6) is 0 Å². The Kier molecular flexibility index (Phi) is 5.19. The fraction of sp³-hybridized carbons (Fsp3) is 0.833. The number of aliphatic carboxylic acids is 1. The fourth-order valence-electron chi connectivity index (χ4n) is 0.542. The fourth-order valence-corrected chi connectivity index (χ4v) is 1.28. The smallest absolute Gasteiger partial charge is 0.304 e. The van der Waals surface area contributed by atoms with E-state index in [-0.39, 0.29) is 17.4 Å². The minimum Gasteiger partial charge on any atom is -0.481 e. The molecule has 0 aliphatic heterocycles. The number of hydrogen-bond acceptors (Lipinski definition) is 2. The molecule has 1 N–H and O–H groups in total. The first-order valence-electron chi connectivity index (χ1n) is 3.14. The molecule has 0 aromatic rings. The third-order valence-electron chi connectivity index (χ3n) is 0.969. The van der Waals surface area contributed by atoms with Crippen LogP contribution in [0.15, 0.2) is 0 Å². The Morgan fingerprint density at radius 2 is 2.18 bits per heavy atom. The van der Waals surface area contributed by atoms with Crippen LogP contribution >= 0.6 is 11.8 Å². The van der Waals surface area contributed by atoms with Crippen molar-refractivity contribution < 1.29 is 18.7 Å². The van der Waals surface area contributed by atoms with Crippen molar-refractivity contribution in [1.82, 2.24) is 0 Å². The molecule has 5 heteroatoms. The van der Waals surface area contributed by atoms with Crippen LogP contribution in [0.1, 0.15) is 13.3 Å². The Bertz CT molecular complexity index is 130. The molecule has 0 aliphatic carbocycles. The first kappa shape index (κ1) is 10.7. The number of carbonyl (C=O) groups is 1. The summed E-state index contributed by atoms with van der Waals surface area (Å²) in [4.78, 5) is 10.1.